The highest BCUT2D eigenvalue weighted by Gasteiger charge is 2.22. The smallest absolute Gasteiger partial charge is 0.261 e. The average Bonchev–Trinajstić information content (AvgIpc) is 2.87. The van der Waals surface area contributed by atoms with Gasteiger partial charge in [-0.2, -0.15) is 0 Å². The van der Waals surface area contributed by atoms with Crippen LogP contribution >= 0.6 is 11.6 Å². The van der Waals surface area contributed by atoms with Crippen LogP contribution in [0, 0.1) is 0 Å². The molecule has 0 aliphatic carbocycles. The fraction of sp³-hybridized carbons (Fsp3) is 0.200. The highest BCUT2D eigenvalue weighted by Crippen LogP contribution is 2.36. The van der Waals surface area contributed by atoms with Crippen molar-refractivity contribution in [3.8, 4) is 11.5 Å². The summed E-state index contributed by atoms with van der Waals surface area (Å²) in [7, 11) is -0.551. The molecule has 180 valence electrons. The lowest BCUT2D eigenvalue weighted by Crippen LogP contribution is -2.31. The van der Waals surface area contributed by atoms with E-state index < -0.39 is 10.0 Å². The third-order valence-corrected chi connectivity index (χ3v) is 7.66. The van der Waals surface area contributed by atoms with Gasteiger partial charge in [0.2, 0.25) is 0 Å². The fourth-order valence-electron chi connectivity index (χ4n) is 4.25. The van der Waals surface area contributed by atoms with Gasteiger partial charge in [-0.05, 0) is 60.0 Å². The Labute approximate surface area is 208 Å². The maximum atomic E-state index is 12.8. The van der Waals surface area contributed by atoms with E-state index in [1.54, 1.807) is 32.4 Å². The van der Waals surface area contributed by atoms with Gasteiger partial charge >= 0.3 is 0 Å². The molecule has 8 nitrogen and oxygen atoms in total. The number of ether oxygens (including phenoxy) is 2. The monoisotopic (exact) mass is 510 g/mol. The fourth-order valence-corrected chi connectivity index (χ4v) is 5.43. The quantitative estimate of drug-likeness (QED) is 0.403. The van der Waals surface area contributed by atoms with Crippen molar-refractivity contribution in [1.82, 2.24) is 9.97 Å². The molecule has 1 aliphatic rings. The van der Waals surface area contributed by atoms with Gasteiger partial charge in [0.05, 0.1) is 24.6 Å². The van der Waals surface area contributed by atoms with Crippen molar-refractivity contribution in [3.63, 3.8) is 0 Å². The van der Waals surface area contributed by atoms with Crippen molar-refractivity contribution in [3.05, 3.63) is 77.1 Å². The maximum absolute atomic E-state index is 12.8. The molecule has 0 spiro atoms. The first-order valence-corrected chi connectivity index (χ1v) is 12.8. The summed E-state index contributed by atoms with van der Waals surface area (Å²) >= 11 is 5.89. The number of sulfonamides is 1. The second-order valence-electron chi connectivity index (χ2n) is 8.14. The summed E-state index contributed by atoms with van der Waals surface area (Å²) < 4.78 is 39.2. The molecular weight excluding hydrogens is 488 g/mol. The zero-order valence-corrected chi connectivity index (χ0v) is 20.7. The van der Waals surface area contributed by atoms with Crippen LogP contribution in [0.4, 0.5) is 11.5 Å². The molecule has 0 radical (unpaired) electrons. The zero-order chi connectivity index (χ0) is 24.6. The first kappa shape index (κ1) is 23.2. The Morgan fingerprint density at radius 1 is 0.943 bits per heavy atom. The molecule has 0 saturated carbocycles. The topological polar surface area (TPSA) is 93.7 Å². The van der Waals surface area contributed by atoms with Crippen LogP contribution in [0.15, 0.2) is 65.8 Å². The number of nitrogens with zero attached hydrogens (tertiary/aromatic N) is 3. The molecule has 3 aromatic carbocycles. The number of halogens is 1. The summed E-state index contributed by atoms with van der Waals surface area (Å²) in [5.41, 5.74) is 3.45. The minimum Gasteiger partial charge on any atom is -0.493 e. The normalized spacial score (nSPS) is 13.4. The lowest BCUT2D eigenvalue weighted by atomic mass is 9.99. The lowest BCUT2D eigenvalue weighted by Gasteiger charge is -2.31. The Balaban J connectivity index is 1.45. The van der Waals surface area contributed by atoms with E-state index in [4.69, 9.17) is 21.1 Å². The Morgan fingerprint density at radius 2 is 1.69 bits per heavy atom. The van der Waals surface area contributed by atoms with Crippen LogP contribution in [-0.2, 0) is 23.0 Å². The van der Waals surface area contributed by atoms with Gasteiger partial charge in [-0.1, -0.05) is 17.7 Å². The minimum atomic E-state index is -3.73. The Morgan fingerprint density at radius 3 is 2.43 bits per heavy atom. The van der Waals surface area contributed by atoms with E-state index in [1.165, 1.54) is 24.0 Å². The minimum absolute atomic E-state index is 0.151. The van der Waals surface area contributed by atoms with Crippen molar-refractivity contribution in [2.75, 3.05) is 30.4 Å². The summed E-state index contributed by atoms with van der Waals surface area (Å²) in [5.74, 6) is 1.99. The summed E-state index contributed by atoms with van der Waals surface area (Å²) in [5, 5.41) is 1.33. The predicted octanol–water partition coefficient (Wildman–Crippen LogP) is 4.66. The van der Waals surface area contributed by atoms with E-state index in [2.05, 4.69) is 19.6 Å². The zero-order valence-electron chi connectivity index (χ0n) is 19.2. The second kappa shape index (κ2) is 9.24. The van der Waals surface area contributed by atoms with E-state index in [0.29, 0.717) is 28.8 Å². The molecule has 1 aromatic heterocycles. The third-order valence-electron chi connectivity index (χ3n) is 6.01. The summed E-state index contributed by atoms with van der Waals surface area (Å²) in [4.78, 5) is 11.3. The molecule has 0 bridgehead atoms. The summed E-state index contributed by atoms with van der Waals surface area (Å²) in [6.07, 6.45) is 2.34. The number of methoxy groups -OCH3 is 2. The van der Waals surface area contributed by atoms with Crippen LogP contribution in [0.3, 0.4) is 0 Å². The molecule has 0 atom stereocenters. The molecule has 0 amide bonds. The predicted molar refractivity (Wildman–Crippen MR) is 136 cm³/mol. The molecule has 10 heteroatoms. The van der Waals surface area contributed by atoms with Crippen LogP contribution in [0.5, 0.6) is 11.5 Å². The molecule has 0 unspecified atom stereocenters. The van der Waals surface area contributed by atoms with Crippen molar-refractivity contribution in [2.45, 2.75) is 17.9 Å². The van der Waals surface area contributed by atoms with Gasteiger partial charge in [0.25, 0.3) is 10.0 Å². The van der Waals surface area contributed by atoms with E-state index >= 15 is 0 Å². The van der Waals surface area contributed by atoms with Gasteiger partial charge in [0.1, 0.15) is 12.1 Å². The number of hydrogen-bond acceptors (Lipinski definition) is 7. The van der Waals surface area contributed by atoms with Gasteiger partial charge < -0.3 is 14.4 Å². The average molecular weight is 511 g/mol. The van der Waals surface area contributed by atoms with Crippen molar-refractivity contribution in [2.24, 2.45) is 0 Å². The number of benzene rings is 3. The first-order chi connectivity index (χ1) is 16.9. The van der Waals surface area contributed by atoms with Gasteiger partial charge in [-0.3, -0.25) is 4.72 Å². The van der Waals surface area contributed by atoms with E-state index in [1.807, 2.05) is 24.3 Å². The first-order valence-electron chi connectivity index (χ1n) is 10.9. The molecular formula is C25H23ClN4O4S. The molecule has 0 saturated heterocycles. The third kappa shape index (κ3) is 4.56. The number of anilines is 2. The SMILES string of the molecule is COc1cc2ncnc(N3CCc4ccc(NS(=O)(=O)c5ccc(Cl)cc5)cc4C3)c2cc1OC. The van der Waals surface area contributed by atoms with Crippen molar-refractivity contribution >= 4 is 44.0 Å². The molecule has 1 aliphatic heterocycles. The molecule has 35 heavy (non-hydrogen) atoms. The number of hydrogen-bond donors (Lipinski definition) is 1. The van der Waals surface area contributed by atoms with E-state index in [-0.39, 0.29) is 4.90 Å². The lowest BCUT2D eigenvalue weighted by molar-refractivity contribution is 0.356. The number of aromatic nitrogens is 2. The molecule has 5 rings (SSSR count). The van der Waals surface area contributed by atoms with Crippen molar-refractivity contribution < 1.29 is 17.9 Å². The Bertz CT molecular complexity index is 1510. The number of nitrogens with one attached hydrogen (secondary N) is 1. The standard InChI is InChI=1S/C25H23ClN4O4S/c1-33-23-12-21-22(13-24(23)34-2)27-15-28-25(21)30-10-9-16-3-6-19(11-17(16)14-30)29-35(31,32)20-7-4-18(26)5-8-20/h3-8,11-13,15,29H,9-10,14H2,1-2H3. The van der Waals surface area contributed by atoms with Crippen LogP contribution < -0.4 is 19.1 Å². The van der Waals surface area contributed by atoms with Crippen LogP contribution in [0.25, 0.3) is 10.9 Å². The van der Waals surface area contributed by atoms with Crippen LogP contribution in [0.1, 0.15) is 11.1 Å². The maximum Gasteiger partial charge on any atom is 0.261 e. The van der Waals surface area contributed by atoms with Gasteiger partial charge in [-0.25, -0.2) is 18.4 Å². The molecule has 0 fully saturated rings. The van der Waals surface area contributed by atoms with Crippen LogP contribution in [0.2, 0.25) is 5.02 Å². The highest BCUT2D eigenvalue weighted by atomic mass is 35.5. The van der Waals surface area contributed by atoms with E-state index in [0.717, 1.165) is 35.2 Å². The molecule has 2 heterocycles. The second-order valence-corrected chi connectivity index (χ2v) is 10.3. The Kier molecular flexibility index (Phi) is 6.12. The van der Waals surface area contributed by atoms with Gasteiger partial charge in [-0.15, -0.1) is 0 Å². The number of fused-ring (bicyclic) bond motifs is 2. The number of rotatable bonds is 6. The summed E-state index contributed by atoms with van der Waals surface area (Å²) in [6, 6.07) is 15.4. The molecule has 1 N–H and O–H groups in total. The van der Waals surface area contributed by atoms with Crippen LogP contribution in [-0.4, -0.2) is 39.2 Å². The van der Waals surface area contributed by atoms with Crippen molar-refractivity contribution in [1.29, 1.82) is 0 Å². The van der Waals surface area contributed by atoms with Gasteiger partial charge in [0, 0.05) is 35.3 Å². The van der Waals surface area contributed by atoms with Gasteiger partial charge in [0.15, 0.2) is 11.5 Å². The Hall–Kier alpha value is -3.56. The highest BCUT2D eigenvalue weighted by molar-refractivity contribution is 7.92. The molecule has 4 aromatic rings. The summed E-state index contributed by atoms with van der Waals surface area (Å²) in [6.45, 7) is 1.34. The van der Waals surface area contributed by atoms with E-state index in [9.17, 15) is 8.42 Å². The largest absolute Gasteiger partial charge is 0.493 e.